The molecule has 0 spiro atoms. The zero-order valence-electron chi connectivity index (χ0n) is 24.3. The summed E-state index contributed by atoms with van der Waals surface area (Å²) < 4.78 is 4.85. The number of hydrogen-bond acceptors (Lipinski definition) is 2. The molecule has 0 heterocycles. The van der Waals surface area contributed by atoms with Gasteiger partial charge in [0.2, 0.25) is 0 Å². The second-order valence-electron chi connectivity index (χ2n) is 11.3. The van der Waals surface area contributed by atoms with Crippen molar-refractivity contribution in [2.24, 2.45) is 46.3 Å². The van der Waals surface area contributed by atoms with Crippen LogP contribution < -0.4 is 0 Å². The molecular formula is C31H60O2. The van der Waals surface area contributed by atoms with Gasteiger partial charge in [-0.05, 0) is 111 Å². The molecule has 0 aromatic rings. The number of hydrogen-bond donors (Lipinski definition) is 0. The van der Waals surface area contributed by atoms with Crippen molar-refractivity contribution in [3.8, 4) is 0 Å². The quantitative estimate of drug-likeness (QED) is 0.387. The van der Waals surface area contributed by atoms with Crippen LogP contribution in [0.15, 0.2) is 0 Å². The molecule has 0 radical (unpaired) electrons. The summed E-state index contributed by atoms with van der Waals surface area (Å²) >= 11 is 0. The summed E-state index contributed by atoms with van der Waals surface area (Å²) in [5.74, 6) is 5.71. The van der Waals surface area contributed by atoms with Crippen LogP contribution in [0.25, 0.3) is 0 Å². The summed E-state index contributed by atoms with van der Waals surface area (Å²) in [4.78, 5) is 11.5. The first-order valence-electron chi connectivity index (χ1n) is 15.0. The third kappa shape index (κ3) is 6.38. The molecule has 0 aliphatic heterocycles. The summed E-state index contributed by atoms with van der Waals surface area (Å²) in [6.07, 6.45) is 16.1. The number of esters is 1. The molecule has 8 atom stereocenters. The van der Waals surface area contributed by atoms with Crippen LogP contribution in [0.1, 0.15) is 139 Å². The van der Waals surface area contributed by atoms with E-state index in [0.717, 1.165) is 41.9 Å². The van der Waals surface area contributed by atoms with Gasteiger partial charge in [-0.3, -0.25) is 4.79 Å². The number of carbonyl (C=O) groups is 1. The van der Waals surface area contributed by atoms with Gasteiger partial charge in [0.25, 0.3) is 0 Å². The summed E-state index contributed by atoms with van der Waals surface area (Å²) in [5.41, 5.74) is 1.18. The number of ether oxygens (including phenoxy) is 1. The lowest BCUT2D eigenvalue weighted by Crippen LogP contribution is -2.53. The number of rotatable bonds is 4. The smallest absolute Gasteiger partial charge is 0.305 e. The van der Waals surface area contributed by atoms with Gasteiger partial charge in [-0.25, -0.2) is 0 Å². The summed E-state index contributed by atoms with van der Waals surface area (Å²) in [6, 6.07) is 0. The molecule has 33 heavy (non-hydrogen) atoms. The van der Waals surface area contributed by atoms with Crippen molar-refractivity contribution in [2.45, 2.75) is 139 Å². The molecule has 8 unspecified atom stereocenters. The van der Waals surface area contributed by atoms with Crippen molar-refractivity contribution in [1.82, 2.24) is 0 Å². The third-order valence-electron chi connectivity index (χ3n) is 10.3. The highest BCUT2D eigenvalue weighted by atomic mass is 16.5. The Labute approximate surface area is 208 Å². The molecular weight excluding hydrogens is 404 g/mol. The normalized spacial score (nSPS) is 40.7. The van der Waals surface area contributed by atoms with Gasteiger partial charge in [-0.1, -0.05) is 68.7 Å². The Morgan fingerprint density at radius 2 is 1.42 bits per heavy atom. The Morgan fingerprint density at radius 1 is 0.818 bits per heavy atom. The number of carbonyl (C=O) groups excluding carboxylic acids is 1. The fourth-order valence-electron chi connectivity index (χ4n) is 8.65. The zero-order valence-corrected chi connectivity index (χ0v) is 24.3. The molecule has 4 rings (SSSR count). The minimum absolute atomic E-state index is 0.0313. The van der Waals surface area contributed by atoms with Crippen LogP contribution in [0, 0.1) is 46.3 Å². The molecule has 4 aliphatic rings. The van der Waals surface area contributed by atoms with Gasteiger partial charge in [0.1, 0.15) is 0 Å². The summed E-state index contributed by atoms with van der Waals surface area (Å²) in [7, 11) is 1.51. The number of methoxy groups -OCH3 is 1. The predicted molar refractivity (Wildman–Crippen MR) is 144 cm³/mol. The van der Waals surface area contributed by atoms with E-state index in [0.29, 0.717) is 17.3 Å². The fraction of sp³-hybridized carbons (Fsp3) is 0.968. The standard InChI is InChI=1S/C25H42O2.3C2H6/c1-17-12-14-25(3)19(16-17)8-10-20-21-11-9-18(6-5-7-23(26)27-4)24(21,2)15-13-22(20)25;3*1-2/h17-22H,5-16H2,1-4H3;3*1-2H3. The second kappa shape index (κ2) is 14.1. The van der Waals surface area contributed by atoms with E-state index in [-0.39, 0.29) is 5.97 Å². The maximum Gasteiger partial charge on any atom is 0.305 e. The van der Waals surface area contributed by atoms with Crippen LogP contribution >= 0.6 is 0 Å². The molecule has 0 aromatic carbocycles. The van der Waals surface area contributed by atoms with E-state index in [1.807, 2.05) is 41.5 Å². The van der Waals surface area contributed by atoms with Crippen LogP contribution in [0.2, 0.25) is 0 Å². The molecule has 0 amide bonds. The number of fused-ring (bicyclic) bond motifs is 5. The minimum atomic E-state index is -0.0313. The van der Waals surface area contributed by atoms with Crippen molar-refractivity contribution >= 4 is 5.97 Å². The van der Waals surface area contributed by atoms with Crippen LogP contribution in [0.5, 0.6) is 0 Å². The second-order valence-corrected chi connectivity index (χ2v) is 11.3. The molecule has 4 aliphatic carbocycles. The van der Waals surface area contributed by atoms with Crippen LogP contribution in [-0.2, 0) is 9.53 Å². The highest BCUT2D eigenvalue weighted by molar-refractivity contribution is 5.68. The van der Waals surface area contributed by atoms with Crippen LogP contribution in [0.4, 0.5) is 0 Å². The lowest BCUT2D eigenvalue weighted by atomic mass is 9.44. The topological polar surface area (TPSA) is 26.3 Å². The van der Waals surface area contributed by atoms with Crippen molar-refractivity contribution in [3.05, 3.63) is 0 Å². The fourth-order valence-corrected chi connectivity index (χ4v) is 8.65. The van der Waals surface area contributed by atoms with Gasteiger partial charge < -0.3 is 4.74 Å². The molecule has 2 heteroatoms. The third-order valence-corrected chi connectivity index (χ3v) is 10.3. The maximum atomic E-state index is 11.5. The van der Waals surface area contributed by atoms with E-state index in [4.69, 9.17) is 4.74 Å². The molecule has 2 nitrogen and oxygen atoms in total. The van der Waals surface area contributed by atoms with Gasteiger partial charge in [0.15, 0.2) is 0 Å². The van der Waals surface area contributed by atoms with E-state index < -0.39 is 0 Å². The summed E-state index contributed by atoms with van der Waals surface area (Å²) in [6.45, 7) is 19.8. The average molecular weight is 465 g/mol. The Hall–Kier alpha value is -0.530. The van der Waals surface area contributed by atoms with Gasteiger partial charge >= 0.3 is 5.97 Å². The molecule has 4 saturated carbocycles. The van der Waals surface area contributed by atoms with E-state index in [9.17, 15) is 4.79 Å². The molecule has 0 aromatic heterocycles. The van der Waals surface area contributed by atoms with Crippen LogP contribution in [-0.4, -0.2) is 13.1 Å². The van der Waals surface area contributed by atoms with E-state index >= 15 is 0 Å². The van der Waals surface area contributed by atoms with Crippen molar-refractivity contribution in [3.63, 3.8) is 0 Å². The highest BCUT2D eigenvalue weighted by Gasteiger charge is 2.59. The Bertz CT molecular complexity index is 557. The van der Waals surface area contributed by atoms with Crippen molar-refractivity contribution < 1.29 is 9.53 Å². The lowest BCUT2D eigenvalue weighted by molar-refractivity contribution is -0.141. The minimum Gasteiger partial charge on any atom is -0.469 e. The highest BCUT2D eigenvalue weighted by Crippen LogP contribution is 2.68. The molecule has 196 valence electrons. The molecule has 0 bridgehead atoms. The SMILES string of the molecule is CC.CC.CC.COC(=O)CCCC1CCC2C3CCC4CC(C)CCC4(C)C3CCC12C. The van der Waals surface area contributed by atoms with Gasteiger partial charge in [0, 0.05) is 6.42 Å². The van der Waals surface area contributed by atoms with Gasteiger partial charge in [-0.2, -0.15) is 0 Å². The van der Waals surface area contributed by atoms with E-state index in [1.54, 1.807) is 0 Å². The largest absolute Gasteiger partial charge is 0.469 e. The molecule has 4 fully saturated rings. The Balaban J connectivity index is 0.000000841. The molecule has 0 N–H and O–H groups in total. The molecule has 0 saturated heterocycles. The average Bonchev–Trinajstić information content (AvgIpc) is 3.19. The summed E-state index contributed by atoms with van der Waals surface area (Å²) in [5, 5.41) is 0. The predicted octanol–water partition coefficient (Wildman–Crippen LogP) is 9.70. The Kier molecular flexibility index (Phi) is 13.1. The lowest BCUT2D eigenvalue weighted by Gasteiger charge is -2.61. The van der Waals surface area contributed by atoms with Crippen molar-refractivity contribution in [1.29, 1.82) is 0 Å². The maximum absolute atomic E-state index is 11.5. The zero-order chi connectivity index (χ0) is 25.2. The van der Waals surface area contributed by atoms with Gasteiger partial charge in [-0.15, -0.1) is 0 Å². The van der Waals surface area contributed by atoms with E-state index in [1.165, 1.54) is 71.3 Å². The van der Waals surface area contributed by atoms with Crippen LogP contribution in [0.3, 0.4) is 0 Å². The monoisotopic (exact) mass is 464 g/mol. The van der Waals surface area contributed by atoms with E-state index in [2.05, 4.69) is 20.8 Å². The van der Waals surface area contributed by atoms with Gasteiger partial charge in [0.05, 0.1) is 7.11 Å². The first kappa shape index (κ1) is 30.5. The first-order chi connectivity index (χ1) is 15.9. The first-order valence-corrected chi connectivity index (χ1v) is 15.0. The van der Waals surface area contributed by atoms with Crippen molar-refractivity contribution in [2.75, 3.05) is 7.11 Å². The Morgan fingerprint density at radius 3 is 2.06 bits per heavy atom.